The number of aromatic nitrogens is 1. The van der Waals surface area contributed by atoms with Crippen LogP contribution in [0.15, 0.2) is 30.3 Å². The minimum Gasteiger partial charge on any atom is -0.506 e. The highest BCUT2D eigenvalue weighted by Gasteiger charge is 2.30. The lowest BCUT2D eigenvalue weighted by atomic mass is 10.2. The first-order chi connectivity index (χ1) is 10.7. The Balaban J connectivity index is 1.96. The van der Waals surface area contributed by atoms with E-state index in [1.807, 2.05) is 23.1 Å². The van der Waals surface area contributed by atoms with Gasteiger partial charge in [-0.25, -0.2) is 4.98 Å². The molecule has 5 nitrogen and oxygen atoms in total. The number of phenolic OH excluding ortho intramolecular Hbond substituents is 1. The fourth-order valence-corrected chi connectivity index (χ4v) is 3.80. The number of rotatable bonds is 4. The minimum atomic E-state index is -0.125. The predicted octanol–water partition coefficient (Wildman–Crippen LogP) is 2.55. The molecule has 0 saturated carbocycles. The Morgan fingerprint density at radius 1 is 1.41 bits per heavy atom. The number of benzene rings is 1. The Morgan fingerprint density at radius 3 is 3.09 bits per heavy atom. The van der Waals surface area contributed by atoms with E-state index in [9.17, 15) is 9.90 Å². The van der Waals surface area contributed by atoms with E-state index in [0.717, 1.165) is 16.8 Å². The molecule has 0 aliphatic carbocycles. The van der Waals surface area contributed by atoms with Crippen molar-refractivity contribution in [3.05, 3.63) is 36.0 Å². The summed E-state index contributed by atoms with van der Waals surface area (Å²) in [5.41, 5.74) is 1.37. The van der Waals surface area contributed by atoms with Crippen molar-refractivity contribution >= 4 is 28.6 Å². The van der Waals surface area contributed by atoms with Gasteiger partial charge in [-0.1, -0.05) is 18.2 Å². The zero-order valence-electron chi connectivity index (χ0n) is 12.4. The highest BCUT2D eigenvalue weighted by Crippen LogP contribution is 2.37. The van der Waals surface area contributed by atoms with Crippen molar-refractivity contribution in [3.8, 4) is 5.75 Å². The van der Waals surface area contributed by atoms with E-state index in [4.69, 9.17) is 4.74 Å². The molecule has 2 heterocycles. The Kier molecular flexibility index (Phi) is 4.49. The first-order valence-corrected chi connectivity index (χ1v) is 8.24. The van der Waals surface area contributed by atoms with Crippen molar-refractivity contribution in [1.82, 2.24) is 9.88 Å². The molecular formula is C16H18N2O3S. The molecule has 1 N–H and O–H groups in total. The van der Waals surface area contributed by atoms with Crippen LogP contribution in [0.4, 0.5) is 0 Å². The van der Waals surface area contributed by atoms with Crippen molar-refractivity contribution in [3.63, 3.8) is 0 Å². The molecule has 1 aromatic carbocycles. The molecule has 116 valence electrons. The van der Waals surface area contributed by atoms with Crippen molar-refractivity contribution in [2.75, 3.05) is 26.0 Å². The molecule has 1 atom stereocenters. The van der Waals surface area contributed by atoms with Gasteiger partial charge in [-0.05, 0) is 12.1 Å². The number of fused-ring (bicyclic) bond motifs is 1. The van der Waals surface area contributed by atoms with E-state index in [1.165, 1.54) is 0 Å². The van der Waals surface area contributed by atoms with Crippen LogP contribution in [-0.2, 0) is 9.53 Å². The zero-order chi connectivity index (χ0) is 15.5. The summed E-state index contributed by atoms with van der Waals surface area (Å²) < 4.78 is 5.10. The second-order valence-corrected chi connectivity index (χ2v) is 6.33. The van der Waals surface area contributed by atoms with Gasteiger partial charge in [-0.15, -0.1) is 11.8 Å². The van der Waals surface area contributed by atoms with E-state index in [0.29, 0.717) is 25.1 Å². The van der Waals surface area contributed by atoms with Gasteiger partial charge in [0, 0.05) is 31.2 Å². The molecule has 1 saturated heterocycles. The summed E-state index contributed by atoms with van der Waals surface area (Å²) in [5, 5.41) is 10.7. The Labute approximate surface area is 133 Å². The lowest BCUT2D eigenvalue weighted by Gasteiger charge is -2.34. The molecule has 1 amide bonds. The number of nitrogens with zero attached hydrogens (tertiary/aromatic N) is 2. The van der Waals surface area contributed by atoms with Gasteiger partial charge < -0.3 is 14.7 Å². The maximum Gasteiger partial charge on any atom is 0.224 e. The average molecular weight is 318 g/mol. The molecule has 6 heteroatoms. The number of para-hydroxylation sites is 1. The predicted molar refractivity (Wildman–Crippen MR) is 86.8 cm³/mol. The van der Waals surface area contributed by atoms with E-state index >= 15 is 0 Å². The molecule has 1 aromatic heterocycles. The van der Waals surface area contributed by atoms with Gasteiger partial charge in [-0.2, -0.15) is 0 Å². The Hall–Kier alpha value is -1.79. The summed E-state index contributed by atoms with van der Waals surface area (Å²) in [7, 11) is 1.63. The minimum absolute atomic E-state index is 0.125. The second kappa shape index (κ2) is 6.54. The normalized spacial score (nSPS) is 18.9. The van der Waals surface area contributed by atoms with Crippen LogP contribution in [-0.4, -0.2) is 46.9 Å². The van der Waals surface area contributed by atoms with E-state index in [-0.39, 0.29) is 17.0 Å². The first kappa shape index (κ1) is 15.1. The highest BCUT2D eigenvalue weighted by atomic mass is 32.2. The lowest BCUT2D eigenvalue weighted by Crippen LogP contribution is -2.39. The number of amides is 1. The maximum atomic E-state index is 12.2. The number of methoxy groups -OCH3 is 1. The molecule has 3 rings (SSSR count). The standard InChI is InChI=1S/C16H18N2O3S/c1-21-9-8-18-14(20)7-10-22-16(18)12-6-5-11-3-2-4-13(19)15(11)17-12/h2-6,16,19H,7-10H2,1H3. The monoisotopic (exact) mass is 318 g/mol. The van der Waals surface area contributed by atoms with Crippen LogP contribution in [0.1, 0.15) is 17.5 Å². The number of hydrogen-bond acceptors (Lipinski definition) is 5. The summed E-state index contributed by atoms with van der Waals surface area (Å²) >= 11 is 1.70. The third-order valence-corrected chi connectivity index (χ3v) is 4.96. The SMILES string of the molecule is COCCN1C(=O)CCSC1c1ccc2cccc(O)c2n1. The van der Waals surface area contributed by atoms with Crippen molar-refractivity contribution < 1.29 is 14.6 Å². The van der Waals surface area contributed by atoms with Crippen LogP contribution in [0, 0.1) is 0 Å². The Bertz CT molecular complexity index is 692. The van der Waals surface area contributed by atoms with Crippen molar-refractivity contribution in [2.45, 2.75) is 11.8 Å². The molecular weight excluding hydrogens is 300 g/mol. The van der Waals surface area contributed by atoms with Gasteiger partial charge in [0.2, 0.25) is 5.91 Å². The molecule has 1 unspecified atom stereocenters. The molecule has 0 radical (unpaired) electrons. The van der Waals surface area contributed by atoms with Gasteiger partial charge in [0.1, 0.15) is 16.6 Å². The van der Waals surface area contributed by atoms with Crippen LogP contribution < -0.4 is 0 Å². The van der Waals surface area contributed by atoms with Gasteiger partial charge in [-0.3, -0.25) is 4.79 Å². The molecule has 0 bridgehead atoms. The molecule has 0 spiro atoms. The maximum absolute atomic E-state index is 12.2. The summed E-state index contributed by atoms with van der Waals surface area (Å²) in [6, 6.07) is 9.20. The van der Waals surface area contributed by atoms with Gasteiger partial charge in [0.25, 0.3) is 0 Å². The van der Waals surface area contributed by atoms with Crippen LogP contribution >= 0.6 is 11.8 Å². The van der Waals surface area contributed by atoms with E-state index < -0.39 is 0 Å². The largest absolute Gasteiger partial charge is 0.506 e. The Morgan fingerprint density at radius 2 is 2.27 bits per heavy atom. The molecule has 1 fully saturated rings. The lowest BCUT2D eigenvalue weighted by molar-refractivity contribution is -0.132. The van der Waals surface area contributed by atoms with Crippen LogP contribution in [0.3, 0.4) is 0 Å². The average Bonchev–Trinajstić information content (AvgIpc) is 2.54. The van der Waals surface area contributed by atoms with E-state index in [1.54, 1.807) is 31.0 Å². The fraction of sp³-hybridized carbons (Fsp3) is 0.375. The smallest absolute Gasteiger partial charge is 0.224 e. The highest BCUT2D eigenvalue weighted by molar-refractivity contribution is 7.99. The zero-order valence-corrected chi connectivity index (χ0v) is 13.2. The fourth-order valence-electron chi connectivity index (χ4n) is 2.58. The molecule has 22 heavy (non-hydrogen) atoms. The summed E-state index contributed by atoms with van der Waals surface area (Å²) in [4.78, 5) is 18.6. The second-order valence-electron chi connectivity index (χ2n) is 5.14. The topological polar surface area (TPSA) is 62.7 Å². The van der Waals surface area contributed by atoms with Gasteiger partial charge in [0.15, 0.2) is 0 Å². The molecule has 2 aromatic rings. The third-order valence-electron chi connectivity index (χ3n) is 3.70. The van der Waals surface area contributed by atoms with E-state index in [2.05, 4.69) is 4.98 Å². The van der Waals surface area contributed by atoms with Crippen molar-refractivity contribution in [1.29, 1.82) is 0 Å². The third kappa shape index (κ3) is 2.89. The summed E-state index contributed by atoms with van der Waals surface area (Å²) in [5.74, 6) is 1.07. The van der Waals surface area contributed by atoms with Gasteiger partial charge >= 0.3 is 0 Å². The molecule has 1 aliphatic rings. The summed E-state index contributed by atoms with van der Waals surface area (Å²) in [6.45, 7) is 1.05. The van der Waals surface area contributed by atoms with Gasteiger partial charge in [0.05, 0.1) is 12.3 Å². The van der Waals surface area contributed by atoms with Crippen LogP contribution in [0.2, 0.25) is 0 Å². The number of carbonyl (C=O) groups excluding carboxylic acids is 1. The van der Waals surface area contributed by atoms with Crippen LogP contribution in [0.5, 0.6) is 5.75 Å². The number of carbonyl (C=O) groups is 1. The molecule has 1 aliphatic heterocycles. The summed E-state index contributed by atoms with van der Waals surface area (Å²) in [6.07, 6.45) is 0.545. The first-order valence-electron chi connectivity index (χ1n) is 7.19. The van der Waals surface area contributed by atoms with Crippen molar-refractivity contribution in [2.24, 2.45) is 0 Å². The number of pyridine rings is 1. The quantitative estimate of drug-likeness (QED) is 0.938. The number of aromatic hydroxyl groups is 1. The van der Waals surface area contributed by atoms with Crippen LogP contribution in [0.25, 0.3) is 10.9 Å². The number of thioether (sulfide) groups is 1. The number of hydrogen-bond donors (Lipinski definition) is 1. The number of phenols is 1. The number of ether oxygens (including phenoxy) is 1.